The molecule has 0 spiro atoms. The molecule has 2 unspecified atom stereocenters. The highest BCUT2D eigenvalue weighted by Gasteiger charge is 2.42. The van der Waals surface area contributed by atoms with Gasteiger partial charge in [-0.1, -0.05) is 170 Å². The summed E-state index contributed by atoms with van der Waals surface area (Å²) in [6.07, 6.45) is 0. The standard InChI is InChI=1S/C58H41NS/c1-57(39-16-5-3-6-17-39)52-26-13-10-21-46(52)50-36-42(33-35-53(50)57)59(41-30-28-38(29-31-41)44-23-15-24-49-48-22-11-14-27-55(48)60-56(44)49)43-32-34-47-45-20-9-12-25-51(45)58(2,54(47)37-43)40-18-7-4-8-19-40/h3-37H,1-2H3. The molecule has 2 atom stereocenters. The molecule has 60 heavy (non-hydrogen) atoms. The van der Waals surface area contributed by atoms with Gasteiger partial charge in [0.25, 0.3) is 0 Å². The fraction of sp³-hybridized carbons (Fsp3) is 0.0690. The van der Waals surface area contributed by atoms with E-state index in [1.54, 1.807) is 0 Å². The molecule has 9 aromatic carbocycles. The van der Waals surface area contributed by atoms with Gasteiger partial charge in [0.1, 0.15) is 0 Å². The van der Waals surface area contributed by atoms with E-state index in [-0.39, 0.29) is 10.8 Å². The third kappa shape index (κ3) is 4.98. The zero-order valence-electron chi connectivity index (χ0n) is 33.6. The number of rotatable bonds is 6. The van der Waals surface area contributed by atoms with Crippen LogP contribution in [-0.4, -0.2) is 0 Å². The van der Waals surface area contributed by atoms with E-state index in [9.17, 15) is 0 Å². The molecule has 2 heteroatoms. The van der Waals surface area contributed by atoms with Gasteiger partial charge in [-0.15, -0.1) is 11.3 Å². The summed E-state index contributed by atoms with van der Waals surface area (Å²) in [6, 6.07) is 79.1. The topological polar surface area (TPSA) is 3.24 Å². The molecule has 10 aromatic rings. The van der Waals surface area contributed by atoms with E-state index in [4.69, 9.17) is 0 Å². The van der Waals surface area contributed by atoms with Crippen molar-refractivity contribution in [2.75, 3.05) is 4.90 Å². The Kier molecular flexibility index (Phi) is 7.73. The van der Waals surface area contributed by atoms with Crippen molar-refractivity contribution >= 4 is 48.6 Å². The first-order valence-corrected chi connectivity index (χ1v) is 21.7. The molecule has 2 aliphatic carbocycles. The second-order valence-corrected chi connectivity index (χ2v) is 17.7. The highest BCUT2D eigenvalue weighted by Crippen LogP contribution is 2.56. The van der Waals surface area contributed by atoms with Gasteiger partial charge in [0.05, 0.1) is 0 Å². The van der Waals surface area contributed by atoms with Gasteiger partial charge in [0, 0.05) is 48.1 Å². The Morgan fingerprint density at radius 3 is 1.57 bits per heavy atom. The van der Waals surface area contributed by atoms with Gasteiger partial charge >= 0.3 is 0 Å². The lowest BCUT2D eigenvalue weighted by Gasteiger charge is -2.31. The monoisotopic (exact) mass is 783 g/mol. The molecule has 1 nitrogen and oxygen atoms in total. The quantitative estimate of drug-likeness (QED) is 0.162. The van der Waals surface area contributed by atoms with E-state index in [0.29, 0.717) is 0 Å². The zero-order chi connectivity index (χ0) is 40.0. The molecule has 0 N–H and O–H groups in total. The first-order valence-electron chi connectivity index (χ1n) is 20.9. The molecule has 0 bridgehead atoms. The normalized spacial score (nSPS) is 17.3. The lowest BCUT2D eigenvalue weighted by Crippen LogP contribution is -2.23. The fourth-order valence-electron chi connectivity index (χ4n) is 10.6. The summed E-state index contributed by atoms with van der Waals surface area (Å²) in [5, 5.41) is 2.64. The maximum absolute atomic E-state index is 2.47. The molecule has 12 rings (SSSR count). The fourth-order valence-corrected chi connectivity index (χ4v) is 11.9. The number of hydrogen-bond acceptors (Lipinski definition) is 2. The lowest BCUT2D eigenvalue weighted by atomic mass is 9.74. The Balaban J connectivity index is 1.05. The van der Waals surface area contributed by atoms with Gasteiger partial charge in [-0.2, -0.15) is 0 Å². The minimum Gasteiger partial charge on any atom is -0.310 e. The first-order chi connectivity index (χ1) is 29.5. The van der Waals surface area contributed by atoms with Gasteiger partial charge in [-0.05, 0) is 123 Å². The maximum atomic E-state index is 2.47. The van der Waals surface area contributed by atoms with Crippen LogP contribution in [0.5, 0.6) is 0 Å². The number of nitrogens with zero attached hydrogens (tertiary/aromatic N) is 1. The highest BCUT2D eigenvalue weighted by atomic mass is 32.1. The Morgan fingerprint density at radius 1 is 0.350 bits per heavy atom. The summed E-state index contributed by atoms with van der Waals surface area (Å²) in [5.74, 6) is 0. The maximum Gasteiger partial charge on any atom is 0.0468 e. The van der Waals surface area contributed by atoms with Crippen molar-refractivity contribution in [3.8, 4) is 33.4 Å². The smallest absolute Gasteiger partial charge is 0.0468 e. The molecule has 1 heterocycles. The van der Waals surface area contributed by atoms with Gasteiger partial charge in [-0.3, -0.25) is 0 Å². The van der Waals surface area contributed by atoms with E-state index in [1.807, 2.05) is 11.3 Å². The number of thiophene rings is 1. The van der Waals surface area contributed by atoms with Crippen molar-refractivity contribution in [1.82, 2.24) is 0 Å². The summed E-state index contributed by atoms with van der Waals surface area (Å²) in [7, 11) is 0. The summed E-state index contributed by atoms with van der Waals surface area (Å²) in [5.41, 5.74) is 18.5. The number of anilines is 3. The van der Waals surface area contributed by atoms with E-state index >= 15 is 0 Å². The predicted molar refractivity (Wildman–Crippen MR) is 254 cm³/mol. The molecule has 0 saturated heterocycles. The van der Waals surface area contributed by atoms with Crippen LogP contribution < -0.4 is 4.90 Å². The van der Waals surface area contributed by atoms with E-state index in [1.165, 1.54) is 86.9 Å². The second-order valence-electron chi connectivity index (χ2n) is 16.7. The Hall–Kier alpha value is -7.00. The second kappa shape index (κ2) is 13.3. The van der Waals surface area contributed by atoms with Gasteiger partial charge in [0.2, 0.25) is 0 Å². The van der Waals surface area contributed by atoms with Gasteiger partial charge in [0.15, 0.2) is 0 Å². The van der Waals surface area contributed by atoms with Crippen LogP contribution in [0.1, 0.15) is 47.2 Å². The molecule has 284 valence electrons. The number of fused-ring (bicyclic) bond motifs is 9. The molecule has 0 aliphatic heterocycles. The lowest BCUT2D eigenvalue weighted by molar-refractivity contribution is 0.713. The summed E-state index contributed by atoms with van der Waals surface area (Å²) < 4.78 is 2.66. The van der Waals surface area contributed by atoms with Crippen LogP contribution in [0.2, 0.25) is 0 Å². The van der Waals surface area contributed by atoms with Crippen LogP contribution in [0, 0.1) is 0 Å². The molecule has 2 aliphatic rings. The van der Waals surface area contributed by atoms with Crippen LogP contribution in [0.25, 0.3) is 53.6 Å². The van der Waals surface area contributed by atoms with Crippen molar-refractivity contribution in [2.24, 2.45) is 0 Å². The van der Waals surface area contributed by atoms with Crippen LogP contribution >= 0.6 is 11.3 Å². The third-order valence-electron chi connectivity index (χ3n) is 13.7. The number of benzene rings is 9. The molecular formula is C58H41NS. The first kappa shape index (κ1) is 35.0. The largest absolute Gasteiger partial charge is 0.310 e. The van der Waals surface area contributed by atoms with Crippen molar-refractivity contribution in [3.63, 3.8) is 0 Å². The van der Waals surface area contributed by atoms with Gasteiger partial charge < -0.3 is 4.90 Å². The average Bonchev–Trinajstić information content (AvgIpc) is 3.92. The third-order valence-corrected chi connectivity index (χ3v) is 14.9. The highest BCUT2D eigenvalue weighted by molar-refractivity contribution is 7.26. The number of hydrogen-bond donors (Lipinski definition) is 0. The van der Waals surface area contributed by atoms with Crippen molar-refractivity contribution in [2.45, 2.75) is 24.7 Å². The van der Waals surface area contributed by atoms with E-state index in [2.05, 4.69) is 231 Å². The Labute approximate surface area is 355 Å². The molecule has 0 saturated carbocycles. The van der Waals surface area contributed by atoms with Crippen LogP contribution in [-0.2, 0) is 10.8 Å². The molecule has 0 fully saturated rings. The van der Waals surface area contributed by atoms with E-state index < -0.39 is 0 Å². The molecular weight excluding hydrogens is 743 g/mol. The summed E-state index contributed by atoms with van der Waals surface area (Å²) >= 11 is 1.88. The summed E-state index contributed by atoms with van der Waals surface area (Å²) in [4.78, 5) is 2.47. The molecule has 0 radical (unpaired) electrons. The average molecular weight is 784 g/mol. The Bertz CT molecular complexity index is 3290. The van der Waals surface area contributed by atoms with Crippen molar-refractivity contribution in [1.29, 1.82) is 0 Å². The Morgan fingerprint density at radius 2 is 0.850 bits per heavy atom. The SMILES string of the molecule is CC1(c2ccccc2)c2ccccc2-c2cc(N(c3ccc(-c4cccc5c4sc4ccccc45)cc3)c3ccc4c(c3)C(C)(c3ccccc3)c3ccccc3-4)ccc21. The zero-order valence-corrected chi connectivity index (χ0v) is 34.4. The molecule has 0 amide bonds. The predicted octanol–water partition coefficient (Wildman–Crippen LogP) is 15.9. The van der Waals surface area contributed by atoms with E-state index in [0.717, 1.165) is 17.1 Å². The van der Waals surface area contributed by atoms with Crippen LogP contribution in [0.3, 0.4) is 0 Å². The minimum absolute atomic E-state index is 0.261. The van der Waals surface area contributed by atoms with Crippen LogP contribution in [0.4, 0.5) is 17.1 Å². The van der Waals surface area contributed by atoms with Gasteiger partial charge in [-0.25, -0.2) is 0 Å². The van der Waals surface area contributed by atoms with Crippen molar-refractivity contribution in [3.05, 3.63) is 246 Å². The van der Waals surface area contributed by atoms with Crippen molar-refractivity contribution < 1.29 is 0 Å². The minimum atomic E-state index is -0.309. The summed E-state index contributed by atoms with van der Waals surface area (Å²) in [6.45, 7) is 4.80. The molecule has 1 aromatic heterocycles. The van der Waals surface area contributed by atoms with Crippen LogP contribution in [0.15, 0.2) is 212 Å².